The molecule has 2 fully saturated rings. The lowest BCUT2D eigenvalue weighted by Crippen LogP contribution is -2.57. The van der Waals surface area contributed by atoms with Crippen molar-refractivity contribution < 1.29 is 14.3 Å². The van der Waals surface area contributed by atoms with Crippen molar-refractivity contribution in [2.24, 2.45) is 0 Å². The molecule has 150 valence electrons. The van der Waals surface area contributed by atoms with Crippen LogP contribution in [-0.4, -0.2) is 60.8 Å². The number of aromatic nitrogens is 1. The van der Waals surface area contributed by atoms with Crippen molar-refractivity contribution in [1.29, 1.82) is 0 Å². The van der Waals surface area contributed by atoms with E-state index in [4.69, 9.17) is 9.47 Å². The Labute approximate surface area is 169 Å². The number of piperidine rings is 1. The molecular formula is C21H27N3O3S. The van der Waals surface area contributed by atoms with Gasteiger partial charge in [-0.3, -0.25) is 9.69 Å². The lowest BCUT2D eigenvalue weighted by Gasteiger charge is -2.44. The van der Waals surface area contributed by atoms with Crippen LogP contribution in [0, 0.1) is 6.92 Å². The number of carbonyl (C=O) groups is 1. The quantitative estimate of drug-likeness (QED) is 0.833. The number of amides is 1. The zero-order valence-electron chi connectivity index (χ0n) is 16.4. The molecule has 2 atom stereocenters. The second-order valence-corrected chi connectivity index (χ2v) is 8.77. The first-order valence-corrected chi connectivity index (χ1v) is 10.6. The molecule has 0 aliphatic carbocycles. The highest BCUT2D eigenvalue weighted by Gasteiger charge is 2.46. The van der Waals surface area contributed by atoms with Gasteiger partial charge >= 0.3 is 0 Å². The molecule has 28 heavy (non-hydrogen) atoms. The number of likely N-dealkylation sites (tertiary alicyclic amines) is 1. The third kappa shape index (κ3) is 3.98. The van der Waals surface area contributed by atoms with Crippen LogP contribution in [0.5, 0.6) is 0 Å². The van der Waals surface area contributed by atoms with Crippen molar-refractivity contribution in [2.45, 2.75) is 37.9 Å². The van der Waals surface area contributed by atoms with Crippen LogP contribution in [0.3, 0.4) is 0 Å². The van der Waals surface area contributed by atoms with E-state index >= 15 is 0 Å². The minimum Gasteiger partial charge on any atom is -0.377 e. The van der Waals surface area contributed by atoms with E-state index in [1.54, 1.807) is 7.11 Å². The van der Waals surface area contributed by atoms with Gasteiger partial charge in [-0.2, -0.15) is 0 Å². The second kappa shape index (κ2) is 8.29. The number of thiazole rings is 1. The van der Waals surface area contributed by atoms with E-state index in [1.165, 1.54) is 11.3 Å². The summed E-state index contributed by atoms with van der Waals surface area (Å²) in [6.45, 7) is 4.75. The molecule has 1 amide bonds. The maximum absolute atomic E-state index is 12.6. The molecule has 2 aliphatic rings. The van der Waals surface area contributed by atoms with Crippen LogP contribution in [0.4, 0.5) is 5.13 Å². The van der Waals surface area contributed by atoms with Crippen molar-refractivity contribution >= 4 is 22.4 Å². The summed E-state index contributed by atoms with van der Waals surface area (Å²) in [5.41, 5.74) is 1.84. The molecule has 1 N–H and O–H groups in total. The Balaban J connectivity index is 1.36. The Bertz CT molecular complexity index is 818. The first kappa shape index (κ1) is 19.5. The molecule has 0 bridgehead atoms. The molecule has 3 heterocycles. The molecular weight excluding hydrogens is 374 g/mol. The van der Waals surface area contributed by atoms with Crippen LogP contribution in [0.2, 0.25) is 0 Å². The molecule has 4 rings (SSSR count). The minimum atomic E-state index is -0.154. The largest absolute Gasteiger partial charge is 0.377 e. The second-order valence-electron chi connectivity index (χ2n) is 7.56. The molecule has 1 spiro atoms. The summed E-state index contributed by atoms with van der Waals surface area (Å²) in [4.78, 5) is 20.5. The third-order valence-electron chi connectivity index (χ3n) is 5.74. The third-order valence-corrected chi connectivity index (χ3v) is 6.62. The Morgan fingerprint density at radius 1 is 1.39 bits per heavy atom. The number of methoxy groups -OCH3 is 1. The summed E-state index contributed by atoms with van der Waals surface area (Å²) in [6, 6.07) is 10.0. The van der Waals surface area contributed by atoms with E-state index in [2.05, 4.69) is 15.2 Å². The van der Waals surface area contributed by atoms with E-state index in [9.17, 15) is 4.79 Å². The van der Waals surface area contributed by atoms with Gasteiger partial charge in [-0.25, -0.2) is 4.98 Å². The number of ether oxygens (including phenoxy) is 2. The highest BCUT2D eigenvalue weighted by molar-refractivity contribution is 7.16. The highest BCUT2D eigenvalue weighted by atomic mass is 32.1. The van der Waals surface area contributed by atoms with Crippen LogP contribution in [-0.2, 0) is 14.3 Å². The maximum atomic E-state index is 12.6. The molecule has 0 radical (unpaired) electrons. The number of anilines is 1. The number of nitrogens with zero attached hydrogens (tertiary/aromatic N) is 2. The SMILES string of the molecule is CO[C@H]1CN(CC(=O)Nc2nc(-c3ccccc3)c(C)s2)CC[C@@]12CCCO2. The van der Waals surface area contributed by atoms with E-state index in [-0.39, 0.29) is 17.6 Å². The summed E-state index contributed by atoms with van der Waals surface area (Å²) < 4.78 is 11.7. The normalized spacial score (nSPS) is 25.3. The summed E-state index contributed by atoms with van der Waals surface area (Å²) in [6.07, 6.45) is 3.07. The molecule has 0 unspecified atom stereocenters. The Hall–Kier alpha value is -1.80. The molecule has 2 saturated heterocycles. The van der Waals surface area contributed by atoms with Gasteiger partial charge in [0.15, 0.2) is 5.13 Å². The number of hydrogen-bond donors (Lipinski definition) is 1. The Morgan fingerprint density at radius 3 is 2.93 bits per heavy atom. The lowest BCUT2D eigenvalue weighted by atomic mass is 9.86. The molecule has 2 aromatic rings. The summed E-state index contributed by atoms with van der Waals surface area (Å²) in [7, 11) is 1.74. The highest BCUT2D eigenvalue weighted by Crippen LogP contribution is 2.37. The average Bonchev–Trinajstić information content (AvgIpc) is 3.31. The predicted octanol–water partition coefficient (Wildman–Crippen LogP) is 3.33. The van der Waals surface area contributed by atoms with Crippen molar-refractivity contribution in [3.63, 3.8) is 0 Å². The van der Waals surface area contributed by atoms with Crippen molar-refractivity contribution in [3.8, 4) is 11.3 Å². The van der Waals surface area contributed by atoms with E-state index in [0.29, 0.717) is 11.7 Å². The number of carbonyl (C=O) groups excluding carboxylic acids is 1. The number of nitrogens with one attached hydrogen (secondary N) is 1. The predicted molar refractivity (Wildman–Crippen MR) is 111 cm³/mol. The zero-order chi connectivity index (χ0) is 19.6. The molecule has 0 saturated carbocycles. The monoisotopic (exact) mass is 401 g/mol. The van der Waals surface area contributed by atoms with Gasteiger partial charge in [0.05, 0.1) is 23.9 Å². The van der Waals surface area contributed by atoms with Gasteiger partial charge in [0.1, 0.15) is 0 Å². The molecule has 2 aliphatic heterocycles. The zero-order valence-corrected chi connectivity index (χ0v) is 17.3. The summed E-state index contributed by atoms with van der Waals surface area (Å²) in [5, 5.41) is 3.62. The van der Waals surface area contributed by atoms with Crippen LogP contribution in [0.25, 0.3) is 11.3 Å². The molecule has 1 aromatic heterocycles. The lowest BCUT2D eigenvalue weighted by molar-refractivity contribution is -0.145. The van der Waals surface area contributed by atoms with Gasteiger partial charge in [0.25, 0.3) is 0 Å². The molecule has 1 aromatic carbocycles. The van der Waals surface area contributed by atoms with Gasteiger partial charge in [0.2, 0.25) is 5.91 Å². The number of aryl methyl sites for hydroxylation is 1. The Kier molecular flexibility index (Phi) is 5.78. The van der Waals surface area contributed by atoms with Crippen LogP contribution < -0.4 is 5.32 Å². The average molecular weight is 402 g/mol. The summed E-state index contributed by atoms with van der Waals surface area (Å²) in [5.74, 6) is -0.0356. The maximum Gasteiger partial charge on any atom is 0.240 e. The van der Waals surface area contributed by atoms with Gasteiger partial charge in [0, 0.05) is 37.2 Å². The topological polar surface area (TPSA) is 63.7 Å². The van der Waals surface area contributed by atoms with E-state index in [1.807, 2.05) is 37.3 Å². The van der Waals surface area contributed by atoms with Crippen LogP contribution >= 0.6 is 11.3 Å². The number of rotatable bonds is 5. The molecule has 6 nitrogen and oxygen atoms in total. The van der Waals surface area contributed by atoms with Gasteiger partial charge < -0.3 is 14.8 Å². The number of hydrogen-bond acceptors (Lipinski definition) is 6. The van der Waals surface area contributed by atoms with Crippen molar-refractivity contribution in [1.82, 2.24) is 9.88 Å². The fourth-order valence-electron chi connectivity index (χ4n) is 4.28. The fourth-order valence-corrected chi connectivity index (χ4v) is 5.13. The number of benzene rings is 1. The van der Waals surface area contributed by atoms with E-state index < -0.39 is 0 Å². The van der Waals surface area contributed by atoms with Gasteiger partial charge in [-0.1, -0.05) is 30.3 Å². The van der Waals surface area contributed by atoms with Crippen molar-refractivity contribution in [3.05, 3.63) is 35.2 Å². The van der Waals surface area contributed by atoms with Crippen LogP contribution in [0.1, 0.15) is 24.1 Å². The van der Waals surface area contributed by atoms with Crippen LogP contribution in [0.15, 0.2) is 30.3 Å². The van der Waals surface area contributed by atoms with Gasteiger partial charge in [-0.15, -0.1) is 11.3 Å². The Morgan fingerprint density at radius 2 is 2.21 bits per heavy atom. The smallest absolute Gasteiger partial charge is 0.240 e. The molecule has 7 heteroatoms. The minimum absolute atomic E-state index is 0.0170. The van der Waals surface area contributed by atoms with Gasteiger partial charge in [-0.05, 0) is 26.2 Å². The van der Waals surface area contributed by atoms with Crippen molar-refractivity contribution in [2.75, 3.05) is 38.7 Å². The summed E-state index contributed by atoms with van der Waals surface area (Å²) >= 11 is 1.51. The standard InChI is InChI=1S/C21H27N3O3S/c1-15-19(16-7-4-3-5-8-16)23-20(28-15)22-18(25)14-24-11-10-21(9-6-12-27-21)17(13-24)26-2/h3-5,7-8,17H,6,9-14H2,1-2H3,(H,22,23,25)/t17-,21-/m0/s1. The fraction of sp³-hybridized carbons (Fsp3) is 0.524. The van der Waals surface area contributed by atoms with E-state index in [0.717, 1.165) is 55.1 Å². The first-order valence-electron chi connectivity index (χ1n) is 9.81. The first-order chi connectivity index (χ1) is 13.6.